The Labute approximate surface area is 282 Å². The molecule has 0 saturated heterocycles. The fourth-order valence-corrected chi connectivity index (χ4v) is 5.44. The van der Waals surface area contributed by atoms with Gasteiger partial charge in [0.25, 0.3) is 5.91 Å². The van der Waals surface area contributed by atoms with Crippen molar-refractivity contribution in [2.75, 3.05) is 6.54 Å². The summed E-state index contributed by atoms with van der Waals surface area (Å²) in [5, 5.41) is 4.20. The summed E-state index contributed by atoms with van der Waals surface area (Å²) in [4.78, 5) is 38.9. The van der Waals surface area contributed by atoms with Crippen molar-refractivity contribution in [2.24, 2.45) is 11.7 Å². The lowest BCUT2D eigenvalue weighted by atomic mass is 9.84. The first-order valence-corrected chi connectivity index (χ1v) is 15.3. The lowest BCUT2D eigenvalue weighted by molar-refractivity contribution is -0.165. The Kier molecular flexibility index (Phi) is 13.0. The lowest BCUT2D eigenvalue weighted by Crippen LogP contribution is -2.59. The zero-order chi connectivity index (χ0) is 35.1. The SMILES string of the molecule is CC(C)[C@H](NC(=O)[C@@H](c1ccccc1)C(N)[C@H](Cc1cccc(Cl)c1)Oc1cc(Cl)cc(Cl)c1)C(=O)C(F)(F)C(=O)NCC(F)(F)F. The number of ketones is 1. The molecule has 0 aliphatic rings. The molecule has 0 bridgehead atoms. The molecule has 7 nitrogen and oxygen atoms in total. The van der Waals surface area contributed by atoms with Crippen LogP contribution in [0.4, 0.5) is 22.0 Å². The zero-order valence-electron chi connectivity index (χ0n) is 25.0. The van der Waals surface area contributed by atoms with Crippen LogP contribution in [0.15, 0.2) is 72.8 Å². The number of nitrogens with two attached hydrogens (primary N) is 1. The van der Waals surface area contributed by atoms with Gasteiger partial charge in [0, 0.05) is 21.5 Å². The first-order chi connectivity index (χ1) is 21.9. The van der Waals surface area contributed by atoms with E-state index in [-0.39, 0.29) is 22.2 Å². The Morgan fingerprint density at radius 1 is 0.851 bits per heavy atom. The van der Waals surface area contributed by atoms with E-state index in [0.29, 0.717) is 16.1 Å². The molecule has 0 aliphatic carbocycles. The number of halogens is 8. The van der Waals surface area contributed by atoms with E-state index in [0.717, 1.165) is 5.32 Å². The topological polar surface area (TPSA) is 111 Å². The maximum absolute atomic E-state index is 14.9. The first-order valence-electron chi connectivity index (χ1n) is 14.1. The molecular formula is C32H31Cl3F5N3O4. The van der Waals surface area contributed by atoms with Crippen LogP contribution in [0.1, 0.15) is 30.9 Å². The fourth-order valence-electron chi connectivity index (χ4n) is 4.72. The van der Waals surface area contributed by atoms with Gasteiger partial charge in [-0.05, 0) is 47.4 Å². The highest BCUT2D eigenvalue weighted by molar-refractivity contribution is 6.34. The third-order valence-corrected chi connectivity index (χ3v) is 7.67. The molecule has 0 radical (unpaired) electrons. The van der Waals surface area contributed by atoms with Gasteiger partial charge in [-0.2, -0.15) is 22.0 Å². The predicted octanol–water partition coefficient (Wildman–Crippen LogP) is 6.77. The van der Waals surface area contributed by atoms with Crippen molar-refractivity contribution in [2.45, 2.75) is 56.5 Å². The molecule has 0 aliphatic heterocycles. The van der Waals surface area contributed by atoms with Crippen LogP contribution >= 0.6 is 34.8 Å². The highest BCUT2D eigenvalue weighted by Crippen LogP contribution is 2.30. The van der Waals surface area contributed by atoms with Crippen molar-refractivity contribution in [1.29, 1.82) is 0 Å². The van der Waals surface area contributed by atoms with Crippen molar-refractivity contribution in [3.05, 3.63) is 99.0 Å². The number of benzene rings is 3. The molecule has 2 amide bonds. The summed E-state index contributed by atoms with van der Waals surface area (Å²) in [7, 11) is 0. The van der Waals surface area contributed by atoms with E-state index < -0.39 is 66.3 Å². The van der Waals surface area contributed by atoms with Gasteiger partial charge in [0.1, 0.15) is 18.4 Å². The summed E-state index contributed by atoms with van der Waals surface area (Å²) in [6, 6.07) is 16.0. The second kappa shape index (κ2) is 16.1. The number of hydrogen-bond acceptors (Lipinski definition) is 5. The van der Waals surface area contributed by atoms with Gasteiger partial charge in [0.15, 0.2) is 0 Å². The predicted molar refractivity (Wildman–Crippen MR) is 169 cm³/mol. The number of amides is 2. The molecular weight excluding hydrogens is 692 g/mol. The molecule has 4 atom stereocenters. The largest absolute Gasteiger partial charge is 0.488 e. The Morgan fingerprint density at radius 2 is 1.47 bits per heavy atom. The average molecular weight is 723 g/mol. The van der Waals surface area contributed by atoms with Crippen molar-refractivity contribution in [3.8, 4) is 5.75 Å². The zero-order valence-corrected chi connectivity index (χ0v) is 27.2. The van der Waals surface area contributed by atoms with E-state index in [1.807, 2.05) is 0 Å². The van der Waals surface area contributed by atoms with Gasteiger partial charge in [-0.25, -0.2) is 0 Å². The van der Waals surface area contributed by atoms with Crippen LogP contribution < -0.4 is 21.1 Å². The Hall–Kier alpha value is -3.45. The molecule has 1 unspecified atom stereocenters. The molecule has 0 saturated carbocycles. The highest BCUT2D eigenvalue weighted by atomic mass is 35.5. The fraction of sp³-hybridized carbons (Fsp3) is 0.344. The number of carbonyl (C=O) groups is 3. The standard InChI is InChI=1S/C32H31Cl3F5N3O4/c1-17(2)27(28(44)32(39,40)30(46)42-16-31(36,37)38)43-29(45)25(19-8-4-3-5-9-19)26(41)24(12-18-7-6-10-20(33)11-18)47-23-14-21(34)13-22(35)15-23/h3-11,13-15,17,24-27H,12,16,41H2,1-2H3,(H,42,46)(H,43,45)/t24-,25-,26?,27-/m0/s1. The number of Topliss-reactive ketones (excluding diaryl/α,β-unsaturated/α-hetero) is 1. The lowest BCUT2D eigenvalue weighted by Gasteiger charge is -2.33. The number of ether oxygens (including phenoxy) is 1. The maximum Gasteiger partial charge on any atom is 0.405 e. The van der Waals surface area contributed by atoms with Crippen LogP contribution in [-0.4, -0.2) is 54.4 Å². The van der Waals surface area contributed by atoms with E-state index >= 15 is 0 Å². The van der Waals surface area contributed by atoms with E-state index in [2.05, 4.69) is 5.32 Å². The van der Waals surface area contributed by atoms with Gasteiger partial charge < -0.3 is 21.1 Å². The summed E-state index contributed by atoms with van der Waals surface area (Å²) in [5.74, 6) is -12.6. The molecule has 0 heterocycles. The minimum atomic E-state index is -5.00. The van der Waals surface area contributed by atoms with Gasteiger partial charge in [0.05, 0.1) is 18.0 Å². The Morgan fingerprint density at radius 3 is 2.02 bits per heavy atom. The van der Waals surface area contributed by atoms with Crippen LogP contribution in [0, 0.1) is 5.92 Å². The van der Waals surface area contributed by atoms with Crippen molar-refractivity contribution >= 4 is 52.4 Å². The first kappa shape index (κ1) is 38.0. The van der Waals surface area contributed by atoms with Crippen molar-refractivity contribution in [3.63, 3.8) is 0 Å². The van der Waals surface area contributed by atoms with Crippen LogP contribution in [0.5, 0.6) is 5.75 Å². The average Bonchev–Trinajstić information content (AvgIpc) is 2.97. The third-order valence-electron chi connectivity index (χ3n) is 7.00. The van der Waals surface area contributed by atoms with Gasteiger partial charge in [0.2, 0.25) is 11.7 Å². The van der Waals surface area contributed by atoms with Gasteiger partial charge in [-0.3, -0.25) is 14.4 Å². The monoisotopic (exact) mass is 721 g/mol. The Balaban J connectivity index is 2.00. The van der Waals surface area contributed by atoms with E-state index in [4.69, 9.17) is 45.3 Å². The summed E-state index contributed by atoms with van der Waals surface area (Å²) < 4.78 is 73.6. The second-order valence-corrected chi connectivity index (χ2v) is 12.3. The minimum absolute atomic E-state index is 0.0897. The molecule has 0 fully saturated rings. The summed E-state index contributed by atoms with van der Waals surface area (Å²) in [5.41, 5.74) is 7.75. The number of carbonyl (C=O) groups excluding carboxylic acids is 3. The molecule has 3 rings (SSSR count). The van der Waals surface area contributed by atoms with Crippen molar-refractivity contribution in [1.82, 2.24) is 10.6 Å². The van der Waals surface area contributed by atoms with E-state index in [1.165, 1.54) is 32.0 Å². The molecule has 3 aromatic rings. The molecule has 0 spiro atoms. The van der Waals surface area contributed by atoms with Crippen LogP contribution in [0.3, 0.4) is 0 Å². The molecule has 0 aromatic heterocycles. The second-order valence-electron chi connectivity index (χ2n) is 11.0. The van der Waals surface area contributed by atoms with E-state index in [9.17, 15) is 36.3 Å². The number of nitrogens with one attached hydrogen (secondary N) is 2. The third kappa shape index (κ3) is 10.8. The summed E-state index contributed by atoms with van der Waals surface area (Å²) in [6.45, 7) is 0.556. The van der Waals surface area contributed by atoms with Crippen LogP contribution in [0.2, 0.25) is 15.1 Å². The minimum Gasteiger partial charge on any atom is -0.488 e. The quantitative estimate of drug-likeness (QED) is 0.126. The Bertz CT molecular complexity index is 1540. The van der Waals surface area contributed by atoms with Gasteiger partial charge >= 0.3 is 12.1 Å². The number of hydrogen-bond donors (Lipinski definition) is 3. The molecule has 3 aromatic carbocycles. The smallest absolute Gasteiger partial charge is 0.405 e. The molecule has 4 N–H and O–H groups in total. The number of alkyl halides is 5. The van der Waals surface area contributed by atoms with Gasteiger partial charge in [-0.15, -0.1) is 0 Å². The molecule has 254 valence electrons. The maximum atomic E-state index is 14.9. The van der Waals surface area contributed by atoms with Crippen molar-refractivity contribution < 1.29 is 41.1 Å². The summed E-state index contributed by atoms with van der Waals surface area (Å²) in [6.07, 6.45) is -5.92. The summed E-state index contributed by atoms with van der Waals surface area (Å²) >= 11 is 18.5. The molecule has 47 heavy (non-hydrogen) atoms. The molecule has 15 heteroatoms. The van der Waals surface area contributed by atoms with Crippen LogP contribution in [0.25, 0.3) is 0 Å². The number of rotatable bonds is 14. The van der Waals surface area contributed by atoms with Crippen LogP contribution in [-0.2, 0) is 20.8 Å². The van der Waals surface area contributed by atoms with Gasteiger partial charge in [-0.1, -0.05) is 91.1 Å². The highest BCUT2D eigenvalue weighted by Gasteiger charge is 2.52. The van der Waals surface area contributed by atoms with E-state index in [1.54, 1.807) is 54.6 Å². The normalized spacial score (nSPS) is 14.6.